The highest BCUT2D eigenvalue weighted by atomic mass is 32.2. The molecule has 1 rings (SSSR count). The zero-order valence-electron chi connectivity index (χ0n) is 10.4. The van der Waals surface area contributed by atoms with E-state index in [1.165, 1.54) is 0 Å². The van der Waals surface area contributed by atoms with Gasteiger partial charge in [-0.3, -0.25) is 4.68 Å². The maximum Gasteiger partial charge on any atom is 0.164 e. The van der Waals surface area contributed by atoms with E-state index >= 15 is 0 Å². The van der Waals surface area contributed by atoms with Crippen molar-refractivity contribution in [2.75, 3.05) is 18.1 Å². The van der Waals surface area contributed by atoms with E-state index in [4.69, 9.17) is 0 Å². The third-order valence-electron chi connectivity index (χ3n) is 2.09. The summed E-state index contributed by atoms with van der Waals surface area (Å²) in [7, 11) is 0. The van der Waals surface area contributed by atoms with Crippen LogP contribution in [0.1, 0.15) is 26.6 Å². The summed E-state index contributed by atoms with van der Waals surface area (Å²) >= 11 is 1.93. The number of hydrogen-bond donors (Lipinski definition) is 1. The normalized spacial score (nSPS) is 11.2. The molecule has 0 saturated carbocycles. The summed E-state index contributed by atoms with van der Waals surface area (Å²) in [5.41, 5.74) is 0. The number of nitrogens with zero attached hydrogens (tertiary/aromatic N) is 3. The van der Waals surface area contributed by atoms with Crippen molar-refractivity contribution in [1.82, 2.24) is 20.1 Å². The Balaban J connectivity index is 2.22. The second-order valence-corrected chi connectivity index (χ2v) is 5.54. The second kappa shape index (κ2) is 7.68. The molecule has 0 aliphatic rings. The Morgan fingerprint density at radius 3 is 3.00 bits per heavy atom. The molecule has 0 amide bonds. The third kappa shape index (κ3) is 5.51. The summed E-state index contributed by atoms with van der Waals surface area (Å²) in [4.78, 5) is 4.27. The molecule has 1 N–H and O–H groups in total. The van der Waals surface area contributed by atoms with Crippen molar-refractivity contribution in [1.29, 1.82) is 0 Å². The van der Waals surface area contributed by atoms with Crippen LogP contribution in [0.15, 0.2) is 6.33 Å². The van der Waals surface area contributed by atoms with Crippen LogP contribution in [-0.4, -0.2) is 32.8 Å². The smallest absolute Gasteiger partial charge is 0.164 e. The third-order valence-corrected chi connectivity index (χ3v) is 2.97. The lowest BCUT2D eigenvalue weighted by molar-refractivity contribution is 0.539. The summed E-state index contributed by atoms with van der Waals surface area (Å²) in [6.07, 6.45) is 1.82. The molecule has 1 aromatic heterocycles. The number of nitrogens with one attached hydrogen (secondary N) is 1. The van der Waals surface area contributed by atoms with Crippen LogP contribution >= 0.6 is 11.8 Å². The molecule has 4 nitrogen and oxygen atoms in total. The van der Waals surface area contributed by atoms with Crippen LogP contribution in [0, 0.1) is 5.92 Å². The fraction of sp³-hybridized carbons (Fsp3) is 0.818. The van der Waals surface area contributed by atoms with E-state index in [1.807, 2.05) is 22.8 Å². The van der Waals surface area contributed by atoms with Gasteiger partial charge in [0, 0.05) is 5.75 Å². The van der Waals surface area contributed by atoms with Gasteiger partial charge < -0.3 is 5.32 Å². The molecule has 0 atom stereocenters. The van der Waals surface area contributed by atoms with Crippen molar-refractivity contribution >= 4 is 11.8 Å². The number of thioether (sulfide) groups is 1. The number of hydrogen-bond acceptors (Lipinski definition) is 4. The molecule has 16 heavy (non-hydrogen) atoms. The number of aromatic nitrogens is 3. The van der Waals surface area contributed by atoms with E-state index in [0.717, 1.165) is 37.0 Å². The number of aryl methyl sites for hydroxylation is 1. The first-order valence-corrected chi connectivity index (χ1v) is 7.04. The van der Waals surface area contributed by atoms with E-state index in [-0.39, 0.29) is 0 Å². The van der Waals surface area contributed by atoms with Gasteiger partial charge >= 0.3 is 0 Å². The zero-order valence-corrected chi connectivity index (χ0v) is 11.3. The number of rotatable bonds is 8. The highest BCUT2D eigenvalue weighted by Gasteiger charge is 2.00. The van der Waals surface area contributed by atoms with Crippen LogP contribution in [0.5, 0.6) is 0 Å². The zero-order chi connectivity index (χ0) is 11.8. The first-order valence-electron chi connectivity index (χ1n) is 5.89. The van der Waals surface area contributed by atoms with Gasteiger partial charge in [0.2, 0.25) is 0 Å². The Hall–Kier alpha value is -0.550. The predicted octanol–water partition coefficient (Wildman–Crippen LogP) is 1.78. The lowest BCUT2D eigenvalue weighted by Crippen LogP contribution is -2.19. The quantitative estimate of drug-likeness (QED) is 0.706. The average molecular weight is 242 g/mol. The second-order valence-electron chi connectivity index (χ2n) is 4.15. The summed E-state index contributed by atoms with van der Waals surface area (Å²) < 4.78 is 1.93. The van der Waals surface area contributed by atoms with Crippen molar-refractivity contribution < 1.29 is 0 Å². The van der Waals surface area contributed by atoms with Gasteiger partial charge in [-0.25, -0.2) is 4.98 Å². The van der Waals surface area contributed by atoms with Crippen LogP contribution in [-0.2, 0) is 13.1 Å². The maximum atomic E-state index is 4.41. The Morgan fingerprint density at radius 1 is 1.50 bits per heavy atom. The molecule has 5 heteroatoms. The lowest BCUT2D eigenvalue weighted by atomic mass is 10.2. The van der Waals surface area contributed by atoms with E-state index < -0.39 is 0 Å². The van der Waals surface area contributed by atoms with Gasteiger partial charge in [0.05, 0.1) is 13.1 Å². The first-order chi connectivity index (χ1) is 7.72. The van der Waals surface area contributed by atoms with E-state index in [2.05, 4.69) is 36.2 Å². The fourth-order valence-corrected chi connectivity index (χ4v) is 1.90. The average Bonchev–Trinajstić information content (AvgIpc) is 2.66. The van der Waals surface area contributed by atoms with Gasteiger partial charge in [0.25, 0.3) is 0 Å². The molecule has 0 aromatic carbocycles. The van der Waals surface area contributed by atoms with Crippen LogP contribution in [0.4, 0.5) is 0 Å². The van der Waals surface area contributed by atoms with E-state index in [0.29, 0.717) is 5.92 Å². The molecule has 0 spiro atoms. The monoisotopic (exact) mass is 242 g/mol. The van der Waals surface area contributed by atoms with Crippen molar-refractivity contribution in [3.05, 3.63) is 12.2 Å². The Bertz CT molecular complexity index is 285. The van der Waals surface area contributed by atoms with Gasteiger partial charge in [-0.05, 0) is 18.2 Å². The Morgan fingerprint density at radius 2 is 2.31 bits per heavy atom. The first kappa shape index (κ1) is 13.5. The molecule has 92 valence electrons. The van der Waals surface area contributed by atoms with Gasteiger partial charge in [0.1, 0.15) is 6.33 Å². The molecule has 0 bridgehead atoms. The predicted molar refractivity (Wildman–Crippen MR) is 69.6 cm³/mol. The molecule has 0 saturated heterocycles. The maximum absolute atomic E-state index is 4.41. The molecule has 1 heterocycles. The summed E-state index contributed by atoms with van der Waals surface area (Å²) in [5, 5.41) is 7.75. The Labute approximate surface area is 102 Å². The molecule has 0 aliphatic heterocycles. The van der Waals surface area contributed by atoms with E-state index in [9.17, 15) is 0 Å². The molecule has 0 unspecified atom stereocenters. The SMILES string of the molecule is CCSCCn1cnc(CNCC(C)C)n1. The lowest BCUT2D eigenvalue weighted by Gasteiger charge is -2.04. The topological polar surface area (TPSA) is 42.7 Å². The van der Waals surface area contributed by atoms with Crippen molar-refractivity contribution in [3.63, 3.8) is 0 Å². The van der Waals surface area contributed by atoms with Crippen molar-refractivity contribution in [2.24, 2.45) is 5.92 Å². The van der Waals surface area contributed by atoms with Crippen LogP contribution in [0.2, 0.25) is 0 Å². The summed E-state index contributed by atoms with van der Waals surface area (Å²) in [6.45, 7) is 9.30. The molecule has 0 radical (unpaired) electrons. The summed E-state index contributed by atoms with van der Waals surface area (Å²) in [5.74, 6) is 3.83. The van der Waals surface area contributed by atoms with Crippen LogP contribution in [0.25, 0.3) is 0 Å². The highest BCUT2D eigenvalue weighted by Crippen LogP contribution is 1.99. The van der Waals surface area contributed by atoms with Crippen LogP contribution in [0.3, 0.4) is 0 Å². The molecular weight excluding hydrogens is 220 g/mol. The van der Waals surface area contributed by atoms with Gasteiger partial charge in [-0.2, -0.15) is 16.9 Å². The molecule has 0 aliphatic carbocycles. The van der Waals surface area contributed by atoms with Gasteiger partial charge in [-0.1, -0.05) is 20.8 Å². The fourth-order valence-electron chi connectivity index (χ4n) is 1.30. The van der Waals surface area contributed by atoms with E-state index in [1.54, 1.807) is 0 Å². The largest absolute Gasteiger partial charge is 0.310 e. The minimum atomic E-state index is 0.669. The standard InChI is InChI=1S/C11H22N4S/c1-4-16-6-5-15-9-13-11(14-15)8-12-7-10(2)3/h9-10,12H,4-8H2,1-3H3. The molecular formula is C11H22N4S. The Kier molecular flexibility index (Phi) is 6.49. The highest BCUT2D eigenvalue weighted by molar-refractivity contribution is 7.99. The minimum absolute atomic E-state index is 0.669. The minimum Gasteiger partial charge on any atom is -0.310 e. The van der Waals surface area contributed by atoms with Gasteiger partial charge in [0.15, 0.2) is 5.82 Å². The molecule has 0 fully saturated rings. The van der Waals surface area contributed by atoms with Crippen molar-refractivity contribution in [2.45, 2.75) is 33.9 Å². The summed E-state index contributed by atoms with van der Waals surface area (Å²) in [6, 6.07) is 0. The van der Waals surface area contributed by atoms with Crippen molar-refractivity contribution in [3.8, 4) is 0 Å². The molecule has 1 aromatic rings. The van der Waals surface area contributed by atoms with Crippen LogP contribution < -0.4 is 5.32 Å². The van der Waals surface area contributed by atoms with Gasteiger partial charge in [-0.15, -0.1) is 0 Å².